The van der Waals surface area contributed by atoms with Gasteiger partial charge in [-0.15, -0.1) is 0 Å². The minimum Gasteiger partial charge on any atom is -0.506 e. The van der Waals surface area contributed by atoms with Crippen molar-refractivity contribution in [1.82, 2.24) is 0 Å². The molecule has 1 aromatic carbocycles. The van der Waals surface area contributed by atoms with Crippen LogP contribution in [0.2, 0.25) is 0 Å². The van der Waals surface area contributed by atoms with Crippen molar-refractivity contribution in [2.24, 2.45) is 16.0 Å². The first-order chi connectivity index (χ1) is 10.1. The third-order valence-electron chi connectivity index (χ3n) is 2.64. The molecule has 0 radical (unpaired) electrons. The average molecular weight is 323 g/mol. The molecule has 118 valence electrons. The number of azo groups is 1. The van der Waals surface area contributed by atoms with Crippen LogP contribution >= 0.6 is 0 Å². The van der Waals surface area contributed by atoms with Crippen LogP contribution in [0.5, 0.6) is 0 Å². The van der Waals surface area contributed by atoms with E-state index in [-0.39, 0.29) is 22.0 Å². The third kappa shape index (κ3) is 4.83. The largest absolute Gasteiger partial charge is 0.506 e. The van der Waals surface area contributed by atoms with Crippen LogP contribution in [-0.2, 0) is 10.1 Å². The van der Waals surface area contributed by atoms with E-state index in [0.717, 1.165) is 0 Å². The molecule has 0 aliphatic carbocycles. The normalized spacial score (nSPS) is 13.6. The lowest BCUT2D eigenvalue weighted by Gasteiger charge is -2.03. The number of allylic oxidation sites excluding steroid dienone is 2. The maximum atomic E-state index is 11.2. The number of aryl methyl sites for hydroxylation is 1. The van der Waals surface area contributed by atoms with Crippen LogP contribution in [0, 0.1) is 6.92 Å². The summed E-state index contributed by atoms with van der Waals surface area (Å²) in [5.74, 6) is -0.241. The van der Waals surface area contributed by atoms with E-state index in [0.29, 0.717) is 11.3 Å². The Kier molecular flexibility index (Phi) is 5.61. The fourth-order valence-electron chi connectivity index (χ4n) is 1.45. The van der Waals surface area contributed by atoms with Crippen LogP contribution in [0.4, 0.5) is 5.69 Å². The molecule has 0 fully saturated rings. The first-order valence-corrected chi connectivity index (χ1v) is 7.60. The number of rotatable bonds is 5. The van der Waals surface area contributed by atoms with Crippen molar-refractivity contribution in [3.63, 3.8) is 0 Å². The second-order valence-electron chi connectivity index (χ2n) is 4.39. The van der Waals surface area contributed by atoms with Crippen LogP contribution in [0.15, 0.2) is 69.2 Å². The highest BCUT2D eigenvalue weighted by molar-refractivity contribution is 7.85. The second kappa shape index (κ2) is 7.01. The quantitative estimate of drug-likeness (QED) is 0.332. The summed E-state index contributed by atoms with van der Waals surface area (Å²) in [6.07, 6.45) is 2.84. The van der Waals surface area contributed by atoms with Crippen LogP contribution in [0.1, 0.15) is 12.5 Å². The molecule has 0 spiro atoms. The zero-order valence-electron chi connectivity index (χ0n) is 12.2. The Morgan fingerprint density at radius 2 is 2.05 bits per heavy atom. The van der Waals surface area contributed by atoms with E-state index < -0.39 is 10.1 Å². The molecule has 8 heteroatoms. The van der Waals surface area contributed by atoms with E-state index in [4.69, 9.17) is 10.3 Å². The fourth-order valence-corrected chi connectivity index (χ4v) is 2.19. The van der Waals surface area contributed by atoms with Crippen LogP contribution in [0.25, 0.3) is 0 Å². The van der Waals surface area contributed by atoms with Gasteiger partial charge in [-0.2, -0.15) is 18.6 Å². The monoisotopic (exact) mass is 323 g/mol. The Balaban J connectivity index is 3.14. The van der Waals surface area contributed by atoms with Gasteiger partial charge in [-0.25, -0.2) is 0 Å². The highest BCUT2D eigenvalue weighted by atomic mass is 32.2. The van der Waals surface area contributed by atoms with Gasteiger partial charge in [0.2, 0.25) is 0 Å². The van der Waals surface area contributed by atoms with Gasteiger partial charge in [0.05, 0.1) is 22.0 Å². The van der Waals surface area contributed by atoms with Crippen molar-refractivity contribution in [2.45, 2.75) is 18.7 Å². The lowest BCUT2D eigenvalue weighted by Crippen LogP contribution is -2.00. The van der Waals surface area contributed by atoms with Crippen molar-refractivity contribution in [3.8, 4) is 0 Å². The average Bonchev–Trinajstić information content (AvgIpc) is 2.43. The molecule has 1 rings (SSSR count). The molecular formula is C14H17N3O4S. The molecule has 0 unspecified atom stereocenters. The zero-order chi connectivity index (χ0) is 16.9. The summed E-state index contributed by atoms with van der Waals surface area (Å²) < 4.78 is 31.6. The van der Waals surface area contributed by atoms with Crippen molar-refractivity contribution < 1.29 is 18.1 Å². The first kappa shape index (κ1) is 17.6. The van der Waals surface area contributed by atoms with Crippen molar-refractivity contribution >= 4 is 15.8 Å². The summed E-state index contributed by atoms with van der Waals surface area (Å²) in [6.45, 7) is 6.60. The predicted molar refractivity (Wildman–Crippen MR) is 83.3 cm³/mol. The summed E-state index contributed by atoms with van der Waals surface area (Å²) >= 11 is 0. The Morgan fingerprint density at radius 1 is 1.41 bits per heavy atom. The highest BCUT2D eigenvalue weighted by Crippen LogP contribution is 2.23. The summed E-state index contributed by atoms with van der Waals surface area (Å²) in [4.78, 5) is -0.236. The minimum absolute atomic E-state index is 0.0152. The maximum Gasteiger partial charge on any atom is 0.294 e. The van der Waals surface area contributed by atoms with Gasteiger partial charge >= 0.3 is 0 Å². The fraction of sp³-hybridized carbons (Fsp3) is 0.143. The molecule has 0 amide bonds. The molecule has 1 aromatic rings. The van der Waals surface area contributed by atoms with E-state index in [1.54, 1.807) is 26.0 Å². The number of benzene rings is 1. The van der Waals surface area contributed by atoms with Gasteiger partial charge in [0.1, 0.15) is 5.76 Å². The van der Waals surface area contributed by atoms with E-state index in [1.807, 2.05) is 0 Å². The number of nitrogens with zero attached hydrogens (tertiary/aromatic N) is 2. The molecule has 22 heavy (non-hydrogen) atoms. The van der Waals surface area contributed by atoms with E-state index in [2.05, 4.69) is 16.8 Å². The minimum atomic E-state index is -4.33. The van der Waals surface area contributed by atoms with Crippen molar-refractivity contribution in [1.29, 1.82) is 0 Å². The lowest BCUT2D eigenvalue weighted by atomic mass is 10.2. The summed E-state index contributed by atoms with van der Waals surface area (Å²) in [6, 6.07) is 4.25. The van der Waals surface area contributed by atoms with Gasteiger partial charge in [-0.1, -0.05) is 18.7 Å². The van der Waals surface area contributed by atoms with Crippen molar-refractivity contribution in [3.05, 3.63) is 59.6 Å². The SMILES string of the molecule is C=C(N)\C(O)=C/C(=C\C)/N=N\c1ccc(C)c(S(=O)(=O)O)c1. The topological polar surface area (TPSA) is 125 Å². The van der Waals surface area contributed by atoms with Crippen LogP contribution in [0.3, 0.4) is 0 Å². The number of nitrogens with two attached hydrogens (primary N) is 1. The van der Waals surface area contributed by atoms with Crippen LogP contribution in [-0.4, -0.2) is 18.1 Å². The van der Waals surface area contributed by atoms with Gasteiger partial charge in [0.25, 0.3) is 10.1 Å². The molecule has 0 bridgehead atoms. The Labute approximate surface area is 128 Å². The van der Waals surface area contributed by atoms with Crippen molar-refractivity contribution in [2.75, 3.05) is 0 Å². The maximum absolute atomic E-state index is 11.2. The van der Waals surface area contributed by atoms with Gasteiger partial charge in [0.15, 0.2) is 0 Å². The number of aliphatic hydroxyl groups is 1. The van der Waals surface area contributed by atoms with Gasteiger partial charge in [0, 0.05) is 6.08 Å². The zero-order valence-corrected chi connectivity index (χ0v) is 13.0. The van der Waals surface area contributed by atoms with E-state index in [9.17, 15) is 13.5 Å². The molecule has 0 atom stereocenters. The lowest BCUT2D eigenvalue weighted by molar-refractivity contribution is 0.422. The number of aliphatic hydroxyl groups excluding tert-OH is 1. The Hall–Kier alpha value is -2.45. The third-order valence-corrected chi connectivity index (χ3v) is 3.64. The molecule has 0 heterocycles. The second-order valence-corrected chi connectivity index (χ2v) is 5.78. The summed E-state index contributed by atoms with van der Waals surface area (Å²) in [5.41, 5.74) is 6.24. The molecule has 0 aliphatic heterocycles. The molecule has 0 saturated carbocycles. The standard InChI is InChI=1S/C14H17N3O4S/c1-4-11(7-13(18)10(3)15)16-17-12-6-5-9(2)14(8-12)22(19,20)21/h4-8,18H,3,15H2,1-2H3,(H,19,20,21)/b11-4+,13-7+,17-16-. The molecule has 4 N–H and O–H groups in total. The molecule has 0 aromatic heterocycles. The van der Waals surface area contributed by atoms with E-state index in [1.165, 1.54) is 18.2 Å². The summed E-state index contributed by atoms with van der Waals surface area (Å²) in [5, 5.41) is 17.2. The molecule has 0 saturated heterocycles. The van der Waals surface area contributed by atoms with Gasteiger partial charge in [-0.3, -0.25) is 4.55 Å². The number of hydrogen-bond acceptors (Lipinski definition) is 6. The van der Waals surface area contributed by atoms with E-state index >= 15 is 0 Å². The first-order valence-electron chi connectivity index (χ1n) is 6.16. The molecule has 7 nitrogen and oxygen atoms in total. The van der Waals surface area contributed by atoms with Crippen LogP contribution < -0.4 is 5.73 Å². The molecular weight excluding hydrogens is 306 g/mol. The Bertz CT molecular complexity index is 777. The highest BCUT2D eigenvalue weighted by Gasteiger charge is 2.13. The smallest absolute Gasteiger partial charge is 0.294 e. The Morgan fingerprint density at radius 3 is 2.55 bits per heavy atom. The molecule has 0 aliphatic rings. The summed E-state index contributed by atoms with van der Waals surface area (Å²) in [7, 11) is -4.33. The number of hydrogen-bond donors (Lipinski definition) is 3. The van der Waals surface area contributed by atoms with Gasteiger partial charge in [-0.05, 0) is 31.5 Å². The van der Waals surface area contributed by atoms with Gasteiger partial charge < -0.3 is 10.8 Å². The predicted octanol–water partition coefficient (Wildman–Crippen LogP) is 3.14.